The Morgan fingerprint density at radius 1 is 1.36 bits per heavy atom. The lowest BCUT2D eigenvalue weighted by molar-refractivity contribution is -0.112. The molecule has 0 unspecified atom stereocenters. The molecule has 1 N–H and O–H groups in total. The number of rotatable bonds is 3. The van der Waals surface area contributed by atoms with E-state index in [1.807, 2.05) is 6.07 Å². The summed E-state index contributed by atoms with van der Waals surface area (Å²) in [5.41, 5.74) is 0.682. The van der Waals surface area contributed by atoms with Crippen molar-refractivity contribution in [3.05, 3.63) is 40.9 Å². The molecule has 0 atom stereocenters. The number of hydrogen-bond donors (Lipinski definition) is 1. The largest absolute Gasteiger partial charge is 0.486 e. The molecule has 7 heteroatoms. The van der Waals surface area contributed by atoms with E-state index >= 15 is 0 Å². The molecule has 0 saturated carbocycles. The maximum absolute atomic E-state index is 12.0. The molecule has 0 bridgehead atoms. The summed E-state index contributed by atoms with van der Waals surface area (Å²) in [5.74, 6) is 0.777. The van der Waals surface area contributed by atoms with E-state index in [1.165, 1.54) is 17.4 Å². The Morgan fingerprint density at radius 3 is 2.91 bits per heavy atom. The van der Waals surface area contributed by atoms with Gasteiger partial charge in [-0.25, -0.2) is 4.98 Å². The van der Waals surface area contributed by atoms with Gasteiger partial charge in [-0.05, 0) is 23.8 Å². The Balaban J connectivity index is 1.82. The average Bonchev–Trinajstić information content (AvgIpc) is 3.05. The minimum Gasteiger partial charge on any atom is -0.486 e. The number of carbonyl (C=O) groups excluding carboxylic acids is 1. The quantitative estimate of drug-likeness (QED) is 0.695. The van der Waals surface area contributed by atoms with Crippen molar-refractivity contribution in [2.24, 2.45) is 0 Å². The molecule has 22 heavy (non-hydrogen) atoms. The van der Waals surface area contributed by atoms with E-state index in [0.717, 1.165) is 0 Å². The summed E-state index contributed by atoms with van der Waals surface area (Å²) in [5, 5.41) is 13.9. The number of hydrogen-bond acceptors (Lipinski definition) is 6. The average molecular weight is 313 g/mol. The number of amides is 1. The molecule has 2 aromatic rings. The number of aromatic nitrogens is 1. The highest BCUT2D eigenvalue weighted by molar-refractivity contribution is 7.13. The van der Waals surface area contributed by atoms with Gasteiger partial charge in [-0.1, -0.05) is 6.07 Å². The highest BCUT2D eigenvalue weighted by Gasteiger charge is 2.14. The second kappa shape index (κ2) is 6.28. The zero-order valence-electron chi connectivity index (χ0n) is 11.4. The Hall–Kier alpha value is -2.85. The van der Waals surface area contributed by atoms with E-state index in [0.29, 0.717) is 35.4 Å². The van der Waals surface area contributed by atoms with Crippen LogP contribution in [0.15, 0.2) is 35.3 Å². The molecule has 1 amide bonds. The van der Waals surface area contributed by atoms with Crippen molar-refractivity contribution in [2.45, 2.75) is 0 Å². The van der Waals surface area contributed by atoms with Crippen LogP contribution in [-0.4, -0.2) is 24.1 Å². The van der Waals surface area contributed by atoms with Crippen molar-refractivity contribution in [1.82, 2.24) is 4.98 Å². The van der Waals surface area contributed by atoms with Crippen LogP contribution in [0, 0.1) is 11.3 Å². The first-order valence-corrected chi connectivity index (χ1v) is 7.36. The van der Waals surface area contributed by atoms with Gasteiger partial charge < -0.3 is 9.47 Å². The zero-order valence-corrected chi connectivity index (χ0v) is 12.2. The highest BCUT2D eigenvalue weighted by Crippen LogP contribution is 2.31. The fourth-order valence-electron chi connectivity index (χ4n) is 1.91. The molecule has 1 aromatic heterocycles. The van der Waals surface area contributed by atoms with Gasteiger partial charge in [0.15, 0.2) is 16.6 Å². The molecule has 2 heterocycles. The van der Waals surface area contributed by atoms with Crippen molar-refractivity contribution < 1.29 is 14.3 Å². The van der Waals surface area contributed by atoms with Crippen LogP contribution in [0.2, 0.25) is 0 Å². The molecule has 0 aliphatic carbocycles. The molecular formula is C15H11N3O3S. The monoisotopic (exact) mass is 313 g/mol. The third-order valence-corrected chi connectivity index (χ3v) is 3.58. The van der Waals surface area contributed by atoms with Crippen LogP contribution >= 0.6 is 11.3 Å². The number of nitriles is 1. The number of carbonyl (C=O) groups is 1. The molecule has 1 aliphatic heterocycles. The van der Waals surface area contributed by atoms with E-state index in [1.54, 1.807) is 29.8 Å². The molecule has 1 aromatic carbocycles. The van der Waals surface area contributed by atoms with Crippen molar-refractivity contribution in [1.29, 1.82) is 5.26 Å². The molecule has 110 valence electrons. The van der Waals surface area contributed by atoms with Gasteiger partial charge in [0.1, 0.15) is 24.9 Å². The van der Waals surface area contributed by atoms with Crippen LogP contribution in [0.1, 0.15) is 5.56 Å². The lowest BCUT2D eigenvalue weighted by Gasteiger charge is -2.18. The third-order valence-electron chi connectivity index (χ3n) is 2.90. The summed E-state index contributed by atoms with van der Waals surface area (Å²) < 4.78 is 10.9. The normalized spacial score (nSPS) is 13.3. The Bertz CT molecular complexity index is 763. The second-order valence-corrected chi connectivity index (χ2v) is 5.26. The molecule has 3 rings (SSSR count). The Kier molecular flexibility index (Phi) is 4.03. The Labute approximate surface area is 130 Å². The number of anilines is 1. The van der Waals surface area contributed by atoms with Gasteiger partial charge in [-0.2, -0.15) is 5.26 Å². The highest BCUT2D eigenvalue weighted by atomic mass is 32.1. The van der Waals surface area contributed by atoms with Gasteiger partial charge >= 0.3 is 0 Å². The maximum Gasteiger partial charge on any atom is 0.268 e. The standard InChI is InChI=1S/C15H11N3O3S/c16-9-11(14(19)18-15-17-3-6-22-15)7-10-1-2-12-13(8-10)21-5-4-20-12/h1-3,6-8H,4-5H2,(H,17,18,19)/b11-7+. The number of nitrogens with zero attached hydrogens (tertiary/aromatic N) is 2. The second-order valence-electron chi connectivity index (χ2n) is 4.36. The molecular weight excluding hydrogens is 302 g/mol. The fraction of sp³-hybridized carbons (Fsp3) is 0.133. The molecule has 1 aliphatic rings. The summed E-state index contributed by atoms with van der Waals surface area (Å²) in [6.45, 7) is 0.998. The van der Waals surface area contributed by atoms with E-state index in [4.69, 9.17) is 9.47 Å². The van der Waals surface area contributed by atoms with Crippen LogP contribution in [0.5, 0.6) is 11.5 Å². The van der Waals surface area contributed by atoms with Crippen molar-refractivity contribution in [3.8, 4) is 17.6 Å². The Morgan fingerprint density at radius 2 is 2.18 bits per heavy atom. The van der Waals surface area contributed by atoms with E-state index in [9.17, 15) is 10.1 Å². The van der Waals surface area contributed by atoms with Crippen LogP contribution in [-0.2, 0) is 4.79 Å². The van der Waals surface area contributed by atoms with Crippen molar-refractivity contribution in [2.75, 3.05) is 18.5 Å². The number of ether oxygens (including phenoxy) is 2. The third kappa shape index (κ3) is 3.07. The van der Waals surface area contributed by atoms with Gasteiger partial charge in [-0.15, -0.1) is 11.3 Å². The fourth-order valence-corrected chi connectivity index (χ4v) is 2.44. The summed E-state index contributed by atoms with van der Waals surface area (Å²) in [6.07, 6.45) is 3.08. The van der Waals surface area contributed by atoms with Crippen LogP contribution in [0.4, 0.5) is 5.13 Å². The predicted octanol–water partition coefficient (Wildman–Crippen LogP) is 2.46. The van der Waals surface area contributed by atoms with Crippen molar-refractivity contribution >= 4 is 28.5 Å². The topological polar surface area (TPSA) is 84.2 Å². The first kappa shape index (κ1) is 14.1. The van der Waals surface area contributed by atoms with Crippen LogP contribution < -0.4 is 14.8 Å². The van der Waals surface area contributed by atoms with Gasteiger partial charge in [0, 0.05) is 11.6 Å². The lowest BCUT2D eigenvalue weighted by Crippen LogP contribution is -2.15. The number of nitrogens with one attached hydrogen (secondary N) is 1. The van der Waals surface area contributed by atoms with Crippen LogP contribution in [0.3, 0.4) is 0 Å². The number of fused-ring (bicyclic) bond motifs is 1. The van der Waals surface area contributed by atoms with E-state index in [2.05, 4.69) is 10.3 Å². The molecule has 0 fully saturated rings. The summed E-state index contributed by atoms with van der Waals surface area (Å²) in [6, 6.07) is 7.16. The predicted molar refractivity (Wildman–Crippen MR) is 81.8 cm³/mol. The summed E-state index contributed by atoms with van der Waals surface area (Å²) in [7, 11) is 0. The summed E-state index contributed by atoms with van der Waals surface area (Å²) in [4.78, 5) is 16.0. The first-order chi connectivity index (χ1) is 10.8. The molecule has 0 radical (unpaired) electrons. The maximum atomic E-state index is 12.0. The summed E-state index contributed by atoms with van der Waals surface area (Å²) >= 11 is 1.29. The van der Waals surface area contributed by atoms with Gasteiger partial charge in [-0.3, -0.25) is 10.1 Å². The van der Waals surface area contributed by atoms with Gasteiger partial charge in [0.2, 0.25) is 0 Å². The van der Waals surface area contributed by atoms with Gasteiger partial charge in [0.05, 0.1) is 0 Å². The van der Waals surface area contributed by atoms with Crippen LogP contribution in [0.25, 0.3) is 6.08 Å². The molecule has 0 spiro atoms. The minimum atomic E-state index is -0.493. The van der Waals surface area contributed by atoms with E-state index in [-0.39, 0.29) is 5.57 Å². The SMILES string of the molecule is N#C/C(=C\c1ccc2c(c1)OCCO2)C(=O)Nc1nccs1. The lowest BCUT2D eigenvalue weighted by atomic mass is 10.1. The minimum absolute atomic E-state index is 0.00752. The zero-order chi connectivity index (χ0) is 15.4. The number of benzene rings is 1. The van der Waals surface area contributed by atoms with E-state index < -0.39 is 5.91 Å². The van der Waals surface area contributed by atoms with Crippen molar-refractivity contribution in [3.63, 3.8) is 0 Å². The van der Waals surface area contributed by atoms with Gasteiger partial charge in [0.25, 0.3) is 5.91 Å². The molecule has 6 nitrogen and oxygen atoms in total. The first-order valence-electron chi connectivity index (χ1n) is 6.48. The smallest absolute Gasteiger partial charge is 0.268 e. The molecule has 0 saturated heterocycles. The number of thiazole rings is 1.